The van der Waals surface area contributed by atoms with E-state index in [9.17, 15) is 0 Å². The average Bonchev–Trinajstić information content (AvgIpc) is 3.14. The first-order chi connectivity index (χ1) is 12.3. The van der Waals surface area contributed by atoms with Crippen molar-refractivity contribution < 1.29 is 9.47 Å². The van der Waals surface area contributed by atoms with Crippen LogP contribution in [0.1, 0.15) is 12.0 Å². The number of benzene rings is 1. The molecule has 1 aromatic carbocycles. The van der Waals surface area contributed by atoms with Gasteiger partial charge in [-0.05, 0) is 25.0 Å². The minimum absolute atomic E-state index is 0. The van der Waals surface area contributed by atoms with Crippen LogP contribution in [0.2, 0.25) is 0 Å². The lowest BCUT2D eigenvalue weighted by molar-refractivity contribution is 0.0195. The second-order valence-electron chi connectivity index (χ2n) is 6.62. The molecule has 0 radical (unpaired) electrons. The predicted octanol–water partition coefficient (Wildman–Crippen LogP) is 1.97. The van der Waals surface area contributed by atoms with Crippen molar-refractivity contribution >= 4 is 29.9 Å². The number of morpholine rings is 1. The Labute approximate surface area is 173 Å². The third kappa shape index (κ3) is 5.72. The van der Waals surface area contributed by atoms with Crippen LogP contribution in [0.3, 0.4) is 0 Å². The predicted molar refractivity (Wildman–Crippen MR) is 116 cm³/mol. The van der Waals surface area contributed by atoms with Gasteiger partial charge in [0.15, 0.2) is 5.96 Å². The van der Waals surface area contributed by atoms with E-state index in [-0.39, 0.29) is 24.0 Å². The largest absolute Gasteiger partial charge is 0.491 e. The monoisotopic (exact) mass is 474 g/mol. The third-order valence-corrected chi connectivity index (χ3v) is 4.97. The van der Waals surface area contributed by atoms with Crippen LogP contribution in [-0.2, 0) is 4.74 Å². The molecule has 6 nitrogen and oxygen atoms in total. The molecule has 0 amide bonds. The number of likely N-dealkylation sites (tertiary alicyclic amines) is 1. The van der Waals surface area contributed by atoms with E-state index in [0.717, 1.165) is 57.6 Å². The number of hydrogen-bond acceptors (Lipinski definition) is 4. The smallest absolute Gasteiger partial charge is 0.193 e. The van der Waals surface area contributed by atoms with Crippen LogP contribution in [0, 0.1) is 6.92 Å². The molecule has 3 rings (SSSR count). The average molecular weight is 474 g/mol. The van der Waals surface area contributed by atoms with Gasteiger partial charge in [-0.1, -0.05) is 18.2 Å². The summed E-state index contributed by atoms with van der Waals surface area (Å²) >= 11 is 0. The summed E-state index contributed by atoms with van der Waals surface area (Å²) in [5.74, 6) is 1.93. The third-order valence-electron chi connectivity index (χ3n) is 4.97. The van der Waals surface area contributed by atoms with Crippen LogP contribution < -0.4 is 10.1 Å². The summed E-state index contributed by atoms with van der Waals surface area (Å²) in [6.07, 6.45) is 1.19. The number of nitrogens with one attached hydrogen (secondary N) is 1. The lowest BCUT2D eigenvalue weighted by Gasteiger charge is -2.32. The number of nitrogens with zero attached hydrogens (tertiary/aromatic N) is 3. The van der Waals surface area contributed by atoms with Crippen molar-refractivity contribution in [2.24, 2.45) is 4.99 Å². The molecule has 1 N–H and O–H groups in total. The first kappa shape index (κ1) is 21.2. The van der Waals surface area contributed by atoms with Gasteiger partial charge in [-0.3, -0.25) is 9.89 Å². The molecule has 146 valence electrons. The summed E-state index contributed by atoms with van der Waals surface area (Å²) in [5, 5.41) is 3.43. The van der Waals surface area contributed by atoms with E-state index < -0.39 is 0 Å². The number of aryl methyl sites for hydroxylation is 1. The van der Waals surface area contributed by atoms with Crippen LogP contribution in [0.25, 0.3) is 0 Å². The molecule has 2 saturated heterocycles. The minimum atomic E-state index is 0. The van der Waals surface area contributed by atoms with Gasteiger partial charge in [0.2, 0.25) is 0 Å². The number of halogens is 1. The van der Waals surface area contributed by atoms with Gasteiger partial charge < -0.3 is 19.7 Å². The van der Waals surface area contributed by atoms with E-state index in [4.69, 9.17) is 9.47 Å². The highest BCUT2D eigenvalue weighted by Gasteiger charge is 2.30. The zero-order valence-corrected chi connectivity index (χ0v) is 18.1. The zero-order valence-electron chi connectivity index (χ0n) is 15.8. The molecule has 7 heteroatoms. The fourth-order valence-electron chi connectivity index (χ4n) is 3.55. The summed E-state index contributed by atoms with van der Waals surface area (Å²) < 4.78 is 11.3. The Morgan fingerprint density at radius 1 is 1.27 bits per heavy atom. The molecule has 26 heavy (non-hydrogen) atoms. The maximum absolute atomic E-state index is 5.85. The Kier molecular flexibility index (Phi) is 8.94. The lowest BCUT2D eigenvalue weighted by Crippen LogP contribution is -2.47. The highest BCUT2D eigenvalue weighted by atomic mass is 127. The molecule has 0 saturated carbocycles. The Morgan fingerprint density at radius 3 is 2.77 bits per heavy atom. The first-order valence-corrected chi connectivity index (χ1v) is 9.24. The molecule has 0 aliphatic carbocycles. The van der Waals surface area contributed by atoms with Crippen molar-refractivity contribution in [3.8, 4) is 5.75 Å². The summed E-state index contributed by atoms with van der Waals surface area (Å²) in [7, 11) is 1.85. The second kappa shape index (κ2) is 10.9. The fraction of sp³-hybridized carbons (Fsp3) is 0.632. The number of rotatable bonds is 5. The molecular weight excluding hydrogens is 443 g/mol. The second-order valence-corrected chi connectivity index (χ2v) is 6.62. The molecule has 0 bridgehead atoms. The number of ether oxygens (including phenoxy) is 2. The number of aliphatic imine (C=N–C) groups is 1. The maximum atomic E-state index is 5.85. The van der Waals surface area contributed by atoms with Crippen molar-refractivity contribution in [2.75, 3.05) is 59.6 Å². The summed E-state index contributed by atoms with van der Waals surface area (Å²) in [6.45, 7) is 9.36. The van der Waals surface area contributed by atoms with Crippen LogP contribution >= 0.6 is 24.0 Å². The van der Waals surface area contributed by atoms with Gasteiger partial charge in [0, 0.05) is 39.3 Å². The van der Waals surface area contributed by atoms with E-state index in [0.29, 0.717) is 12.6 Å². The number of para-hydroxylation sites is 1. The molecule has 2 aliphatic rings. The number of hydrogen-bond donors (Lipinski definition) is 1. The van der Waals surface area contributed by atoms with Gasteiger partial charge in [-0.25, -0.2) is 0 Å². The van der Waals surface area contributed by atoms with Gasteiger partial charge >= 0.3 is 0 Å². The van der Waals surface area contributed by atoms with Crippen LogP contribution in [0.5, 0.6) is 5.75 Å². The van der Waals surface area contributed by atoms with Gasteiger partial charge in [0.1, 0.15) is 12.4 Å². The molecule has 1 unspecified atom stereocenters. The molecule has 2 heterocycles. The minimum Gasteiger partial charge on any atom is -0.491 e. The Morgan fingerprint density at radius 2 is 2.04 bits per heavy atom. The molecule has 1 aromatic rings. The summed E-state index contributed by atoms with van der Waals surface area (Å²) in [5.41, 5.74) is 1.17. The molecule has 2 aliphatic heterocycles. The van der Waals surface area contributed by atoms with Gasteiger partial charge in [-0.2, -0.15) is 0 Å². The number of guanidine groups is 1. The quantitative estimate of drug-likeness (QED) is 0.306. The van der Waals surface area contributed by atoms with Crippen molar-refractivity contribution in [1.29, 1.82) is 0 Å². The fourth-order valence-corrected chi connectivity index (χ4v) is 3.55. The first-order valence-electron chi connectivity index (χ1n) is 9.24. The molecular formula is C19H31IN4O2. The molecule has 2 fully saturated rings. The Hall–Kier alpha value is -1.06. The van der Waals surface area contributed by atoms with E-state index in [1.54, 1.807) is 0 Å². The highest BCUT2D eigenvalue weighted by Crippen LogP contribution is 2.17. The van der Waals surface area contributed by atoms with Gasteiger partial charge in [-0.15, -0.1) is 24.0 Å². The van der Waals surface area contributed by atoms with E-state index in [2.05, 4.69) is 33.1 Å². The summed E-state index contributed by atoms with van der Waals surface area (Å²) in [6, 6.07) is 8.73. The SMILES string of the molecule is CN=C(NCCOc1ccccc1C)N1CCC(N2CCOCC2)C1.I. The lowest BCUT2D eigenvalue weighted by atomic mass is 10.2. The molecule has 1 atom stereocenters. The van der Waals surface area contributed by atoms with E-state index in [1.807, 2.05) is 25.2 Å². The van der Waals surface area contributed by atoms with Crippen molar-refractivity contribution in [3.05, 3.63) is 29.8 Å². The normalized spacial score (nSPS) is 21.4. The zero-order chi connectivity index (χ0) is 17.5. The topological polar surface area (TPSA) is 49.3 Å². The van der Waals surface area contributed by atoms with Crippen LogP contribution in [-0.4, -0.2) is 81.4 Å². The van der Waals surface area contributed by atoms with E-state index in [1.165, 1.54) is 12.0 Å². The molecule has 0 aromatic heterocycles. The summed E-state index contributed by atoms with van der Waals surface area (Å²) in [4.78, 5) is 9.35. The van der Waals surface area contributed by atoms with Crippen LogP contribution in [0.4, 0.5) is 0 Å². The van der Waals surface area contributed by atoms with Crippen molar-refractivity contribution in [1.82, 2.24) is 15.1 Å². The molecule has 0 spiro atoms. The maximum Gasteiger partial charge on any atom is 0.193 e. The van der Waals surface area contributed by atoms with Crippen molar-refractivity contribution in [2.45, 2.75) is 19.4 Å². The standard InChI is InChI=1S/C19H30N4O2.HI/c1-16-5-3-4-6-18(16)25-12-8-21-19(20-2)23-9-7-17(15-23)22-10-13-24-14-11-22;/h3-6,17H,7-15H2,1-2H3,(H,20,21);1H. The Balaban J connectivity index is 0.00000243. The van der Waals surface area contributed by atoms with Crippen molar-refractivity contribution in [3.63, 3.8) is 0 Å². The van der Waals surface area contributed by atoms with Crippen LogP contribution in [0.15, 0.2) is 29.3 Å². The van der Waals surface area contributed by atoms with Gasteiger partial charge in [0.05, 0.1) is 19.8 Å². The van der Waals surface area contributed by atoms with Gasteiger partial charge in [0.25, 0.3) is 0 Å². The highest BCUT2D eigenvalue weighted by molar-refractivity contribution is 14.0. The van der Waals surface area contributed by atoms with E-state index >= 15 is 0 Å². The Bertz CT molecular complexity index is 578.